The first-order valence-electron chi connectivity index (χ1n) is 8.87. The van der Waals surface area contributed by atoms with E-state index in [1.165, 1.54) is 4.57 Å². The Hall–Kier alpha value is -3.53. The molecule has 1 N–H and O–H groups in total. The maximum Gasteiger partial charge on any atom is 0.419 e. The van der Waals surface area contributed by atoms with Crippen molar-refractivity contribution in [2.24, 2.45) is 0 Å². The number of fused-ring (bicyclic) bond motifs is 2. The van der Waals surface area contributed by atoms with Gasteiger partial charge in [0.1, 0.15) is 11.0 Å². The van der Waals surface area contributed by atoms with E-state index in [0.717, 1.165) is 11.7 Å². The van der Waals surface area contributed by atoms with Crippen LogP contribution in [0.15, 0.2) is 51.7 Å². The number of hydrogen-bond acceptors (Lipinski definition) is 8. The van der Waals surface area contributed by atoms with Crippen LogP contribution in [-0.2, 0) is 20.9 Å². The fraction of sp³-hybridized carbons (Fsp3) is 0.211. The lowest BCUT2D eigenvalue weighted by molar-refractivity contribution is -0.147. The van der Waals surface area contributed by atoms with E-state index >= 15 is 0 Å². The summed E-state index contributed by atoms with van der Waals surface area (Å²) < 4.78 is 19.9. The van der Waals surface area contributed by atoms with Crippen molar-refractivity contribution in [2.75, 3.05) is 11.9 Å². The zero-order valence-electron chi connectivity index (χ0n) is 15.2. The van der Waals surface area contributed by atoms with Crippen molar-refractivity contribution < 1.29 is 18.7 Å². The quantitative estimate of drug-likeness (QED) is 0.464. The van der Waals surface area contributed by atoms with Crippen molar-refractivity contribution in [3.8, 4) is 0 Å². The second-order valence-electron chi connectivity index (χ2n) is 6.24. The number of carbonyl (C=O) groups excluding carboxylic acids is 2. The van der Waals surface area contributed by atoms with Crippen molar-refractivity contribution in [3.63, 3.8) is 0 Å². The van der Waals surface area contributed by atoms with Crippen molar-refractivity contribution in [2.45, 2.75) is 19.4 Å². The predicted molar refractivity (Wildman–Crippen MR) is 107 cm³/mol. The lowest BCUT2D eigenvalue weighted by Gasteiger charge is -2.07. The topological polar surface area (TPSA) is 116 Å². The van der Waals surface area contributed by atoms with Crippen LogP contribution < -0.4 is 11.1 Å². The number of rotatable bonds is 7. The molecule has 2 aromatic carbocycles. The number of oxazole rings is 1. The molecule has 0 bridgehead atoms. The van der Waals surface area contributed by atoms with Crippen LogP contribution in [0.1, 0.15) is 12.8 Å². The van der Waals surface area contributed by atoms with Crippen molar-refractivity contribution in [3.05, 3.63) is 53.0 Å². The zero-order chi connectivity index (χ0) is 20.2. The summed E-state index contributed by atoms with van der Waals surface area (Å²) in [6, 6.07) is 12.3. The minimum atomic E-state index is -0.519. The number of aryl methyl sites for hydroxylation is 1. The fourth-order valence-electron chi connectivity index (χ4n) is 2.92. The molecule has 1 amide bonds. The van der Waals surface area contributed by atoms with Crippen LogP contribution in [0.2, 0.25) is 0 Å². The molecule has 0 saturated carbocycles. The lowest BCUT2D eigenvalue weighted by atomic mass is 10.2. The molecule has 0 spiro atoms. The third kappa shape index (κ3) is 4.16. The molecule has 0 aliphatic heterocycles. The summed E-state index contributed by atoms with van der Waals surface area (Å²) in [4.78, 5) is 35.9. The van der Waals surface area contributed by atoms with Gasteiger partial charge in [-0.2, -0.15) is 8.75 Å². The van der Waals surface area contributed by atoms with Gasteiger partial charge in [0, 0.05) is 13.0 Å². The molecule has 2 heterocycles. The summed E-state index contributed by atoms with van der Waals surface area (Å²) in [5, 5.41) is 2.66. The van der Waals surface area contributed by atoms with Crippen molar-refractivity contribution in [1.82, 2.24) is 13.3 Å². The number of ether oxygens (including phenoxy) is 1. The van der Waals surface area contributed by atoms with E-state index in [0.29, 0.717) is 40.8 Å². The largest absolute Gasteiger partial charge is 0.456 e. The first kappa shape index (κ1) is 18.8. The van der Waals surface area contributed by atoms with Crippen LogP contribution >= 0.6 is 11.7 Å². The fourth-order valence-corrected chi connectivity index (χ4v) is 3.47. The summed E-state index contributed by atoms with van der Waals surface area (Å²) >= 11 is 1.05. The molecule has 4 rings (SSSR count). The smallest absolute Gasteiger partial charge is 0.419 e. The van der Waals surface area contributed by atoms with Gasteiger partial charge in [-0.3, -0.25) is 14.2 Å². The maximum absolute atomic E-state index is 12.0. The summed E-state index contributed by atoms with van der Waals surface area (Å²) in [7, 11) is 0. The molecule has 9 nitrogen and oxygen atoms in total. The van der Waals surface area contributed by atoms with E-state index in [2.05, 4.69) is 14.1 Å². The Morgan fingerprint density at radius 1 is 1.14 bits per heavy atom. The van der Waals surface area contributed by atoms with Crippen LogP contribution in [0.3, 0.4) is 0 Å². The van der Waals surface area contributed by atoms with E-state index in [4.69, 9.17) is 9.15 Å². The number of amides is 1. The molecule has 0 aliphatic rings. The highest BCUT2D eigenvalue weighted by Gasteiger charge is 2.12. The molecule has 0 saturated heterocycles. The maximum atomic E-state index is 12.0. The van der Waals surface area contributed by atoms with Crippen LogP contribution in [0.25, 0.3) is 22.1 Å². The Bertz CT molecular complexity index is 1240. The van der Waals surface area contributed by atoms with Gasteiger partial charge in [-0.25, -0.2) is 4.79 Å². The number of esters is 1. The van der Waals surface area contributed by atoms with Gasteiger partial charge in [0.15, 0.2) is 12.2 Å². The third-order valence-electron chi connectivity index (χ3n) is 4.26. The molecule has 0 fully saturated rings. The van der Waals surface area contributed by atoms with E-state index in [-0.39, 0.29) is 6.42 Å². The molecular formula is C19H16N4O5S. The Balaban J connectivity index is 1.26. The number of aromatic nitrogens is 3. The lowest BCUT2D eigenvalue weighted by Crippen LogP contribution is -2.21. The minimum Gasteiger partial charge on any atom is -0.456 e. The van der Waals surface area contributed by atoms with Gasteiger partial charge in [0.25, 0.3) is 5.91 Å². The molecule has 0 radical (unpaired) electrons. The Kier molecular flexibility index (Phi) is 5.34. The Morgan fingerprint density at radius 2 is 2.00 bits per heavy atom. The number of benzene rings is 2. The van der Waals surface area contributed by atoms with Gasteiger partial charge in [-0.05, 0) is 30.7 Å². The van der Waals surface area contributed by atoms with E-state index in [1.54, 1.807) is 36.4 Å². The standard InChI is InChI=1S/C19H16N4O5S/c24-16(20-12-5-3-6-13-18(12)22-29-21-13)11-27-17(25)9-4-10-23-14-7-1-2-8-15(14)28-19(23)26/h1-3,5-8H,4,9-11H2,(H,20,24). The molecule has 4 aromatic rings. The zero-order valence-corrected chi connectivity index (χ0v) is 16.0. The molecule has 0 aliphatic carbocycles. The average molecular weight is 412 g/mol. The number of nitrogens with one attached hydrogen (secondary N) is 1. The molecule has 29 heavy (non-hydrogen) atoms. The number of nitrogens with zero attached hydrogens (tertiary/aromatic N) is 3. The molecule has 0 unspecified atom stereocenters. The molecular weight excluding hydrogens is 396 g/mol. The van der Waals surface area contributed by atoms with Crippen LogP contribution in [0.4, 0.5) is 5.69 Å². The number of para-hydroxylation sites is 2. The van der Waals surface area contributed by atoms with Crippen molar-refractivity contribution >= 4 is 51.4 Å². The summed E-state index contributed by atoms with van der Waals surface area (Å²) in [6.07, 6.45) is 0.457. The summed E-state index contributed by atoms with van der Waals surface area (Å²) in [6.45, 7) is -0.0860. The van der Waals surface area contributed by atoms with Crippen LogP contribution in [-0.4, -0.2) is 31.8 Å². The highest BCUT2D eigenvalue weighted by molar-refractivity contribution is 7.00. The van der Waals surface area contributed by atoms with E-state index in [9.17, 15) is 14.4 Å². The minimum absolute atomic E-state index is 0.0742. The second-order valence-corrected chi connectivity index (χ2v) is 6.77. The SMILES string of the molecule is O=C(COC(=O)CCCn1c(=O)oc2ccccc21)Nc1cccc2nsnc12. The molecule has 10 heteroatoms. The van der Waals surface area contributed by atoms with Crippen LogP contribution in [0.5, 0.6) is 0 Å². The molecule has 0 atom stereocenters. The van der Waals surface area contributed by atoms with Gasteiger partial charge in [0.05, 0.1) is 22.9 Å². The normalized spacial score (nSPS) is 11.0. The van der Waals surface area contributed by atoms with Gasteiger partial charge < -0.3 is 14.5 Å². The third-order valence-corrected chi connectivity index (χ3v) is 4.80. The van der Waals surface area contributed by atoms with E-state index < -0.39 is 24.2 Å². The predicted octanol–water partition coefficient (Wildman–Crippen LogP) is 2.56. The molecule has 148 valence electrons. The Morgan fingerprint density at radius 3 is 2.90 bits per heavy atom. The van der Waals surface area contributed by atoms with Gasteiger partial charge in [-0.15, -0.1) is 0 Å². The number of anilines is 1. The number of hydrogen-bond donors (Lipinski definition) is 1. The summed E-state index contributed by atoms with van der Waals surface area (Å²) in [5.74, 6) is -1.45. The number of carbonyl (C=O) groups is 2. The average Bonchev–Trinajstić information content (AvgIpc) is 3.31. The van der Waals surface area contributed by atoms with Crippen LogP contribution in [0, 0.1) is 0 Å². The highest BCUT2D eigenvalue weighted by Crippen LogP contribution is 2.21. The Labute approximate surface area is 168 Å². The van der Waals surface area contributed by atoms with Gasteiger partial charge in [0.2, 0.25) is 0 Å². The summed E-state index contributed by atoms with van der Waals surface area (Å²) in [5.41, 5.74) is 2.98. The van der Waals surface area contributed by atoms with E-state index in [1.807, 2.05) is 6.07 Å². The van der Waals surface area contributed by atoms with Gasteiger partial charge >= 0.3 is 11.7 Å². The first-order chi connectivity index (χ1) is 14.1. The van der Waals surface area contributed by atoms with Gasteiger partial charge in [-0.1, -0.05) is 18.2 Å². The molecule has 2 aromatic heterocycles. The van der Waals surface area contributed by atoms with Crippen molar-refractivity contribution in [1.29, 1.82) is 0 Å². The second kappa shape index (κ2) is 8.23. The monoisotopic (exact) mass is 412 g/mol. The highest BCUT2D eigenvalue weighted by atomic mass is 32.1. The first-order valence-corrected chi connectivity index (χ1v) is 9.60.